The van der Waals surface area contributed by atoms with Crippen molar-refractivity contribution >= 4 is 11.6 Å². The molecule has 0 amide bonds. The van der Waals surface area contributed by atoms with Crippen molar-refractivity contribution in [1.82, 2.24) is 9.78 Å². The van der Waals surface area contributed by atoms with E-state index in [0.29, 0.717) is 23.4 Å². The van der Waals surface area contributed by atoms with Crippen LogP contribution < -0.4 is 5.32 Å². The van der Waals surface area contributed by atoms with Crippen molar-refractivity contribution < 1.29 is 9.90 Å². The topological polar surface area (TPSA) is 90.9 Å². The molecule has 0 fully saturated rings. The molecule has 0 saturated carbocycles. The highest BCUT2D eigenvalue weighted by Gasteiger charge is 2.41. The molecule has 1 aliphatic carbocycles. The number of aromatic hydroxyl groups is 1. The van der Waals surface area contributed by atoms with Crippen molar-refractivity contribution in [3.05, 3.63) is 52.9 Å². The number of rotatable bonds is 1. The summed E-state index contributed by atoms with van der Waals surface area (Å²) in [4.78, 5) is 12.9. The molecule has 2 aromatic rings. The molecule has 1 atom stereocenters. The van der Waals surface area contributed by atoms with Crippen molar-refractivity contribution in [2.75, 3.05) is 5.32 Å². The Morgan fingerprint density at radius 2 is 2.04 bits per heavy atom. The number of hydrogen-bond donors (Lipinski definition) is 2. The van der Waals surface area contributed by atoms with Crippen molar-refractivity contribution in [3.8, 4) is 11.8 Å². The maximum atomic E-state index is 12.9. The van der Waals surface area contributed by atoms with Crippen LogP contribution in [0.1, 0.15) is 43.9 Å². The summed E-state index contributed by atoms with van der Waals surface area (Å²) in [6, 6.07) is 8.54. The lowest BCUT2D eigenvalue weighted by atomic mass is 9.73. The molecule has 2 heterocycles. The Hall–Kier alpha value is -3.07. The number of Topliss-reactive ketones (excluding diaryl/α,β-unsaturated/α-hetero) is 1. The standard InChI is InChI=1S/C19H18N4O2/c1-19(2)7-14-16(15(25)8-19)17(11-3-5-13(24)6-4-11)23-18(22-14)12(9-20)10-21-23/h3-6,10,17,22,24H,7-8H2,1-2H3/t17-/m1/s1. The SMILES string of the molecule is CC1(C)CC(=O)C2=C(C1)Nc1c(C#N)cnn1[C@@H]2c1ccc(O)cc1. The van der Waals surface area contributed by atoms with Gasteiger partial charge in [0.2, 0.25) is 0 Å². The van der Waals surface area contributed by atoms with E-state index >= 15 is 0 Å². The van der Waals surface area contributed by atoms with Crippen LogP contribution in [0.5, 0.6) is 5.75 Å². The number of benzene rings is 1. The van der Waals surface area contributed by atoms with Crippen molar-refractivity contribution in [3.63, 3.8) is 0 Å². The summed E-state index contributed by atoms with van der Waals surface area (Å²) in [6.07, 6.45) is 2.73. The molecule has 0 unspecified atom stereocenters. The summed E-state index contributed by atoms with van der Waals surface area (Å²) in [5, 5.41) is 26.6. The monoisotopic (exact) mass is 334 g/mol. The summed E-state index contributed by atoms with van der Waals surface area (Å²) < 4.78 is 1.69. The van der Waals surface area contributed by atoms with E-state index in [0.717, 1.165) is 17.7 Å². The quantitative estimate of drug-likeness (QED) is 0.836. The van der Waals surface area contributed by atoms with Gasteiger partial charge in [-0.1, -0.05) is 26.0 Å². The fraction of sp³-hybridized carbons (Fsp3) is 0.316. The first-order chi connectivity index (χ1) is 11.9. The van der Waals surface area contributed by atoms with Gasteiger partial charge < -0.3 is 10.4 Å². The lowest BCUT2D eigenvalue weighted by molar-refractivity contribution is -0.118. The van der Waals surface area contributed by atoms with Crippen molar-refractivity contribution in [1.29, 1.82) is 5.26 Å². The molecule has 0 radical (unpaired) electrons. The van der Waals surface area contributed by atoms with E-state index in [2.05, 4.69) is 30.3 Å². The van der Waals surface area contributed by atoms with E-state index in [9.17, 15) is 15.2 Å². The van der Waals surface area contributed by atoms with Gasteiger partial charge in [-0.3, -0.25) is 4.79 Å². The molecule has 0 bridgehead atoms. The van der Waals surface area contributed by atoms with Gasteiger partial charge in [0.05, 0.1) is 6.20 Å². The summed E-state index contributed by atoms with van der Waals surface area (Å²) in [7, 11) is 0. The number of allylic oxidation sites excluding steroid dienone is 2. The lowest BCUT2D eigenvalue weighted by Gasteiger charge is -2.38. The number of nitriles is 1. The fourth-order valence-electron chi connectivity index (χ4n) is 3.76. The zero-order valence-corrected chi connectivity index (χ0v) is 14.1. The molecule has 25 heavy (non-hydrogen) atoms. The first kappa shape index (κ1) is 15.5. The van der Waals surface area contributed by atoms with Gasteiger partial charge in [-0.25, -0.2) is 4.68 Å². The van der Waals surface area contributed by atoms with E-state index in [4.69, 9.17) is 0 Å². The first-order valence-electron chi connectivity index (χ1n) is 8.19. The molecule has 2 aliphatic rings. The van der Waals surface area contributed by atoms with Crippen molar-refractivity contribution in [2.45, 2.75) is 32.7 Å². The van der Waals surface area contributed by atoms with Gasteiger partial charge >= 0.3 is 0 Å². The Labute approximate surface area is 145 Å². The third kappa shape index (κ3) is 2.40. The molecule has 4 rings (SSSR count). The molecule has 6 nitrogen and oxygen atoms in total. The zero-order valence-electron chi connectivity index (χ0n) is 14.1. The molecule has 1 aliphatic heterocycles. The second-order valence-electron chi connectivity index (χ2n) is 7.42. The molecule has 0 saturated heterocycles. The molecule has 2 N–H and O–H groups in total. The van der Waals surface area contributed by atoms with Gasteiger partial charge in [0.15, 0.2) is 5.78 Å². The summed E-state index contributed by atoms with van der Waals surface area (Å²) in [5.74, 6) is 0.878. The maximum absolute atomic E-state index is 12.9. The second kappa shape index (κ2) is 5.21. The highest BCUT2D eigenvalue weighted by molar-refractivity contribution is 6.00. The molecule has 1 aromatic heterocycles. The van der Waals surface area contributed by atoms with Crippen LogP contribution in [0.15, 0.2) is 41.7 Å². The predicted molar refractivity (Wildman–Crippen MR) is 91.9 cm³/mol. The van der Waals surface area contributed by atoms with Crippen LogP contribution in [-0.4, -0.2) is 20.7 Å². The van der Waals surface area contributed by atoms with Gasteiger partial charge in [-0.2, -0.15) is 10.4 Å². The number of phenolic OH excluding ortho intramolecular Hbond substituents is 1. The molecule has 6 heteroatoms. The molecular formula is C19H18N4O2. The molecule has 126 valence electrons. The van der Waals surface area contributed by atoms with Crippen LogP contribution in [0.25, 0.3) is 0 Å². The van der Waals surface area contributed by atoms with Gasteiger partial charge in [-0.15, -0.1) is 0 Å². The number of fused-ring (bicyclic) bond motifs is 1. The molecular weight excluding hydrogens is 316 g/mol. The number of hydrogen-bond acceptors (Lipinski definition) is 5. The number of nitrogens with zero attached hydrogens (tertiary/aromatic N) is 3. The van der Waals surface area contributed by atoms with Gasteiger partial charge in [0.1, 0.15) is 29.2 Å². The number of carbonyl (C=O) groups excluding carboxylic acids is 1. The van der Waals surface area contributed by atoms with Crippen LogP contribution in [0, 0.1) is 16.7 Å². The van der Waals surface area contributed by atoms with E-state index in [-0.39, 0.29) is 16.9 Å². The summed E-state index contributed by atoms with van der Waals surface area (Å²) in [6.45, 7) is 4.14. The number of ketones is 1. The Bertz CT molecular complexity index is 945. The van der Waals surface area contributed by atoms with Gasteiger partial charge in [0, 0.05) is 17.7 Å². The average Bonchev–Trinajstić information content (AvgIpc) is 2.95. The van der Waals surface area contributed by atoms with Crippen LogP contribution in [0.4, 0.5) is 5.82 Å². The Balaban J connectivity index is 1.93. The first-order valence-corrected chi connectivity index (χ1v) is 8.19. The van der Waals surface area contributed by atoms with E-state index in [1.165, 1.54) is 6.20 Å². The third-order valence-corrected chi connectivity index (χ3v) is 4.83. The van der Waals surface area contributed by atoms with Crippen LogP contribution in [0.3, 0.4) is 0 Å². The number of aromatic nitrogens is 2. The molecule has 0 spiro atoms. The Morgan fingerprint density at radius 3 is 2.72 bits per heavy atom. The highest BCUT2D eigenvalue weighted by atomic mass is 16.3. The van der Waals surface area contributed by atoms with Crippen molar-refractivity contribution in [2.24, 2.45) is 5.41 Å². The predicted octanol–water partition coefficient (Wildman–Crippen LogP) is 3.12. The van der Waals surface area contributed by atoms with E-state index in [1.54, 1.807) is 28.9 Å². The summed E-state index contributed by atoms with van der Waals surface area (Å²) in [5.41, 5.74) is 2.74. The Kier molecular flexibility index (Phi) is 3.22. The average molecular weight is 334 g/mol. The minimum Gasteiger partial charge on any atom is -0.508 e. The fourth-order valence-corrected chi connectivity index (χ4v) is 3.76. The van der Waals surface area contributed by atoms with Crippen LogP contribution >= 0.6 is 0 Å². The number of phenols is 1. The Morgan fingerprint density at radius 1 is 1.32 bits per heavy atom. The number of carbonyl (C=O) groups is 1. The van der Waals surface area contributed by atoms with Gasteiger partial charge in [-0.05, 0) is 29.5 Å². The van der Waals surface area contributed by atoms with Gasteiger partial charge in [0.25, 0.3) is 0 Å². The van der Waals surface area contributed by atoms with E-state index in [1.807, 2.05) is 0 Å². The lowest BCUT2D eigenvalue weighted by Crippen LogP contribution is -2.36. The third-order valence-electron chi connectivity index (χ3n) is 4.83. The van der Waals surface area contributed by atoms with Crippen LogP contribution in [-0.2, 0) is 4.79 Å². The minimum atomic E-state index is -0.391. The van der Waals surface area contributed by atoms with E-state index < -0.39 is 6.04 Å². The number of anilines is 1. The van der Waals surface area contributed by atoms with Crippen LogP contribution in [0.2, 0.25) is 0 Å². The summed E-state index contributed by atoms with van der Waals surface area (Å²) >= 11 is 0. The molecule has 1 aromatic carbocycles. The smallest absolute Gasteiger partial charge is 0.163 e. The maximum Gasteiger partial charge on any atom is 0.163 e. The normalized spacial score (nSPS) is 21.2. The largest absolute Gasteiger partial charge is 0.508 e. The number of nitrogens with one attached hydrogen (secondary N) is 1. The minimum absolute atomic E-state index is 0.0940. The second-order valence-corrected chi connectivity index (χ2v) is 7.42. The zero-order chi connectivity index (χ0) is 17.8. The highest BCUT2D eigenvalue weighted by Crippen LogP contribution is 2.46.